The van der Waals surface area contributed by atoms with E-state index in [9.17, 15) is 14.4 Å². The number of hydrogen-bond donors (Lipinski definition) is 2. The van der Waals surface area contributed by atoms with Gasteiger partial charge in [-0.25, -0.2) is 9.59 Å². The van der Waals surface area contributed by atoms with E-state index in [0.717, 1.165) is 10.6 Å². The fraction of sp³-hybridized carbons (Fsp3) is 0.375. The number of aromatic nitrogens is 2. The molecule has 6 nitrogen and oxygen atoms in total. The van der Waals surface area contributed by atoms with Gasteiger partial charge in [0, 0.05) is 12.1 Å². The highest BCUT2D eigenvalue weighted by Crippen LogP contribution is 1.94. The summed E-state index contributed by atoms with van der Waals surface area (Å²) in [5.74, 6) is -1.32. The first-order chi connectivity index (χ1) is 6.43. The molecule has 2 N–H and O–H groups in total. The summed E-state index contributed by atoms with van der Waals surface area (Å²) in [6.45, 7) is 3.33. The minimum Gasteiger partial charge on any atom is -0.477 e. The molecule has 0 aromatic carbocycles. The van der Waals surface area contributed by atoms with Crippen LogP contribution in [-0.2, 0) is 0 Å². The fourth-order valence-corrected chi connectivity index (χ4v) is 1.11. The zero-order chi connectivity index (χ0) is 10.9. The summed E-state index contributed by atoms with van der Waals surface area (Å²) < 4.78 is 0.951. The maximum Gasteiger partial charge on any atom is 0.352 e. The molecule has 0 amide bonds. The summed E-state index contributed by atoms with van der Waals surface area (Å²) >= 11 is 0. The second kappa shape index (κ2) is 3.49. The minimum atomic E-state index is -1.32. The number of nitrogens with zero attached hydrogens (tertiary/aromatic N) is 1. The van der Waals surface area contributed by atoms with Gasteiger partial charge in [0.15, 0.2) is 0 Å². The number of aromatic amines is 1. The quantitative estimate of drug-likeness (QED) is 0.689. The zero-order valence-corrected chi connectivity index (χ0v) is 7.77. The summed E-state index contributed by atoms with van der Waals surface area (Å²) in [6, 6.07) is 0.595. The SMILES string of the molecule is CC(C)n1c(=O)cc(C(=O)O)[nH]c1=O. The first kappa shape index (κ1) is 10.2. The van der Waals surface area contributed by atoms with E-state index in [1.54, 1.807) is 13.8 Å². The van der Waals surface area contributed by atoms with Crippen molar-refractivity contribution >= 4 is 5.97 Å². The molecular weight excluding hydrogens is 188 g/mol. The Labute approximate surface area is 78.8 Å². The van der Waals surface area contributed by atoms with E-state index in [4.69, 9.17) is 5.11 Å². The molecule has 0 atom stereocenters. The predicted octanol–water partition coefficient (Wildman–Crippen LogP) is -0.184. The van der Waals surface area contributed by atoms with Crippen LogP contribution in [-0.4, -0.2) is 20.6 Å². The number of carboxylic acid groups (broad SMARTS) is 1. The van der Waals surface area contributed by atoms with Crippen LogP contribution >= 0.6 is 0 Å². The Morgan fingerprint density at radius 3 is 2.43 bits per heavy atom. The van der Waals surface area contributed by atoms with Crippen LogP contribution in [0.2, 0.25) is 0 Å². The van der Waals surface area contributed by atoms with Gasteiger partial charge in [0.1, 0.15) is 5.69 Å². The molecule has 1 rings (SSSR count). The summed E-state index contributed by atoms with van der Waals surface area (Å²) in [7, 11) is 0. The summed E-state index contributed by atoms with van der Waals surface area (Å²) in [5.41, 5.74) is -1.71. The molecule has 1 heterocycles. The maximum atomic E-state index is 11.3. The lowest BCUT2D eigenvalue weighted by molar-refractivity contribution is 0.0689. The topological polar surface area (TPSA) is 92.2 Å². The zero-order valence-electron chi connectivity index (χ0n) is 7.77. The molecule has 0 unspecified atom stereocenters. The number of hydrogen-bond acceptors (Lipinski definition) is 3. The van der Waals surface area contributed by atoms with Gasteiger partial charge in [-0.1, -0.05) is 0 Å². The van der Waals surface area contributed by atoms with Crippen LogP contribution in [0.15, 0.2) is 15.7 Å². The molecule has 1 aromatic rings. The van der Waals surface area contributed by atoms with Gasteiger partial charge in [0.25, 0.3) is 5.56 Å². The van der Waals surface area contributed by atoms with Gasteiger partial charge >= 0.3 is 11.7 Å². The number of nitrogens with one attached hydrogen (secondary N) is 1. The second-order valence-electron chi connectivity index (χ2n) is 3.10. The average Bonchev–Trinajstić information content (AvgIpc) is 2.01. The molecule has 0 radical (unpaired) electrons. The Kier molecular flexibility index (Phi) is 2.55. The Morgan fingerprint density at radius 2 is 2.07 bits per heavy atom. The predicted molar refractivity (Wildman–Crippen MR) is 48.7 cm³/mol. The summed E-state index contributed by atoms with van der Waals surface area (Å²) in [4.78, 5) is 35.1. The standard InChI is InChI=1S/C8H10N2O4/c1-4(2)10-6(11)3-5(7(12)13)9-8(10)14/h3-4H,1-2H3,(H,9,14)(H,12,13). The third-order valence-corrected chi connectivity index (χ3v) is 1.71. The molecule has 0 bridgehead atoms. The molecule has 0 spiro atoms. The van der Waals surface area contributed by atoms with Crippen LogP contribution in [0.3, 0.4) is 0 Å². The van der Waals surface area contributed by atoms with E-state index in [0.29, 0.717) is 0 Å². The van der Waals surface area contributed by atoms with Gasteiger partial charge < -0.3 is 10.1 Å². The van der Waals surface area contributed by atoms with Crippen LogP contribution in [0.1, 0.15) is 30.4 Å². The van der Waals surface area contributed by atoms with Crippen molar-refractivity contribution in [2.45, 2.75) is 19.9 Å². The van der Waals surface area contributed by atoms with Crippen molar-refractivity contribution in [2.24, 2.45) is 0 Å². The average molecular weight is 198 g/mol. The highest BCUT2D eigenvalue weighted by molar-refractivity contribution is 5.84. The fourth-order valence-electron chi connectivity index (χ4n) is 1.11. The smallest absolute Gasteiger partial charge is 0.352 e. The van der Waals surface area contributed by atoms with E-state index in [-0.39, 0.29) is 6.04 Å². The van der Waals surface area contributed by atoms with E-state index in [1.165, 1.54) is 0 Å². The van der Waals surface area contributed by atoms with Crippen LogP contribution in [0.25, 0.3) is 0 Å². The van der Waals surface area contributed by atoms with Crippen LogP contribution in [0.5, 0.6) is 0 Å². The van der Waals surface area contributed by atoms with E-state index >= 15 is 0 Å². The first-order valence-corrected chi connectivity index (χ1v) is 4.02. The first-order valence-electron chi connectivity index (χ1n) is 4.02. The van der Waals surface area contributed by atoms with Gasteiger partial charge in [0.05, 0.1) is 0 Å². The van der Waals surface area contributed by atoms with Crippen molar-refractivity contribution in [3.8, 4) is 0 Å². The number of rotatable bonds is 2. The molecule has 0 aliphatic heterocycles. The number of aromatic carboxylic acids is 1. The van der Waals surface area contributed by atoms with Crippen molar-refractivity contribution in [3.63, 3.8) is 0 Å². The molecule has 76 valence electrons. The summed E-state index contributed by atoms with van der Waals surface area (Å²) in [6.07, 6.45) is 0. The lowest BCUT2D eigenvalue weighted by atomic mass is 10.3. The second-order valence-corrected chi connectivity index (χ2v) is 3.10. The van der Waals surface area contributed by atoms with Gasteiger partial charge in [0.2, 0.25) is 0 Å². The molecular formula is C8H10N2O4. The Hall–Kier alpha value is -1.85. The molecule has 1 aromatic heterocycles. The summed E-state index contributed by atoms with van der Waals surface area (Å²) in [5, 5.41) is 8.54. The van der Waals surface area contributed by atoms with E-state index in [2.05, 4.69) is 4.98 Å². The number of H-pyrrole nitrogens is 1. The Bertz CT molecular complexity index is 438. The Balaban J connectivity index is 3.49. The van der Waals surface area contributed by atoms with Crippen LogP contribution in [0.4, 0.5) is 0 Å². The molecule has 0 aliphatic carbocycles. The van der Waals surface area contributed by atoms with Crippen molar-refractivity contribution < 1.29 is 9.90 Å². The van der Waals surface area contributed by atoms with Crippen molar-refractivity contribution in [1.29, 1.82) is 0 Å². The maximum absolute atomic E-state index is 11.3. The minimum absolute atomic E-state index is 0.297. The Morgan fingerprint density at radius 1 is 1.50 bits per heavy atom. The molecule has 0 saturated heterocycles. The van der Waals surface area contributed by atoms with Crippen molar-refractivity contribution in [1.82, 2.24) is 9.55 Å². The van der Waals surface area contributed by atoms with E-state index in [1.807, 2.05) is 0 Å². The highest BCUT2D eigenvalue weighted by atomic mass is 16.4. The molecule has 0 aliphatic rings. The van der Waals surface area contributed by atoms with E-state index < -0.39 is 22.9 Å². The highest BCUT2D eigenvalue weighted by Gasteiger charge is 2.10. The third kappa shape index (κ3) is 1.73. The van der Waals surface area contributed by atoms with Crippen LogP contribution < -0.4 is 11.2 Å². The van der Waals surface area contributed by atoms with Crippen LogP contribution in [0, 0.1) is 0 Å². The lowest BCUT2D eigenvalue weighted by Gasteiger charge is -2.07. The number of carboxylic acids is 1. The van der Waals surface area contributed by atoms with Crippen molar-refractivity contribution in [2.75, 3.05) is 0 Å². The lowest BCUT2D eigenvalue weighted by Crippen LogP contribution is -2.37. The van der Waals surface area contributed by atoms with Crippen molar-refractivity contribution in [3.05, 3.63) is 32.6 Å². The van der Waals surface area contributed by atoms with Gasteiger partial charge in [-0.05, 0) is 13.8 Å². The molecule has 0 saturated carbocycles. The molecule has 14 heavy (non-hydrogen) atoms. The van der Waals surface area contributed by atoms with Gasteiger partial charge in [-0.15, -0.1) is 0 Å². The van der Waals surface area contributed by atoms with Gasteiger partial charge in [-0.3, -0.25) is 9.36 Å². The van der Waals surface area contributed by atoms with Gasteiger partial charge in [-0.2, -0.15) is 0 Å². The normalized spacial score (nSPS) is 10.5. The molecule has 0 fully saturated rings. The monoisotopic (exact) mass is 198 g/mol. The number of carbonyl (C=O) groups is 1. The largest absolute Gasteiger partial charge is 0.477 e. The third-order valence-electron chi connectivity index (χ3n) is 1.71. The molecule has 6 heteroatoms.